The van der Waals surface area contributed by atoms with Gasteiger partial charge in [0.25, 0.3) is 0 Å². The molecule has 15 heavy (non-hydrogen) atoms. The number of carbonyl (C=O) groups excluding carboxylic acids is 1. The van der Waals surface area contributed by atoms with Crippen LogP contribution in [0.3, 0.4) is 0 Å². The highest BCUT2D eigenvalue weighted by molar-refractivity contribution is 5.78. The van der Waals surface area contributed by atoms with Crippen molar-refractivity contribution in [3.63, 3.8) is 0 Å². The lowest BCUT2D eigenvalue weighted by Crippen LogP contribution is -2.51. The number of nitrogens with one attached hydrogen (secondary N) is 2. The highest BCUT2D eigenvalue weighted by Crippen LogP contribution is 2.18. The van der Waals surface area contributed by atoms with Crippen molar-refractivity contribution in [2.45, 2.75) is 57.7 Å². The Balaban J connectivity index is 2.14. The third kappa shape index (κ3) is 4.18. The van der Waals surface area contributed by atoms with Crippen LogP contribution in [0.1, 0.15) is 40.0 Å². The van der Waals surface area contributed by atoms with E-state index >= 15 is 0 Å². The van der Waals surface area contributed by atoms with Crippen LogP contribution in [0.15, 0.2) is 0 Å². The lowest BCUT2D eigenvalue weighted by Gasteiger charge is -2.32. The second-order valence-electron chi connectivity index (χ2n) is 4.99. The molecule has 1 aliphatic rings. The van der Waals surface area contributed by atoms with Gasteiger partial charge >= 0.3 is 0 Å². The fraction of sp³-hybridized carbons (Fsp3) is 0.909. The second kappa shape index (κ2) is 4.94. The summed E-state index contributed by atoms with van der Waals surface area (Å²) in [6.45, 7) is 6.42. The van der Waals surface area contributed by atoms with Crippen LogP contribution in [0.5, 0.6) is 0 Å². The molecule has 88 valence electrons. The summed E-state index contributed by atoms with van der Waals surface area (Å²) in [6.07, 6.45) is 2.29. The number of aliphatic hydroxyl groups is 1. The van der Waals surface area contributed by atoms with Gasteiger partial charge in [-0.15, -0.1) is 0 Å². The van der Waals surface area contributed by atoms with E-state index in [9.17, 15) is 4.79 Å². The zero-order valence-electron chi connectivity index (χ0n) is 9.84. The Labute approximate surface area is 91.4 Å². The van der Waals surface area contributed by atoms with E-state index in [0.717, 1.165) is 19.3 Å². The summed E-state index contributed by atoms with van der Waals surface area (Å²) in [6, 6.07) is 0.315. The fourth-order valence-electron chi connectivity index (χ4n) is 1.50. The molecular formula is C11H22N2O2. The van der Waals surface area contributed by atoms with Crippen molar-refractivity contribution < 1.29 is 9.90 Å². The summed E-state index contributed by atoms with van der Waals surface area (Å²) in [5.41, 5.74) is -0.127. The van der Waals surface area contributed by atoms with Crippen LogP contribution in [0.4, 0.5) is 0 Å². The smallest absolute Gasteiger partial charge is 0.234 e. The topological polar surface area (TPSA) is 61.4 Å². The van der Waals surface area contributed by atoms with Crippen molar-refractivity contribution in [1.29, 1.82) is 0 Å². The monoisotopic (exact) mass is 214 g/mol. The van der Waals surface area contributed by atoms with Crippen molar-refractivity contribution in [1.82, 2.24) is 10.6 Å². The molecule has 0 aliphatic heterocycles. The summed E-state index contributed by atoms with van der Waals surface area (Å²) in [5, 5.41) is 15.1. The van der Waals surface area contributed by atoms with Gasteiger partial charge in [-0.1, -0.05) is 6.92 Å². The quantitative estimate of drug-likeness (QED) is 0.621. The molecule has 1 rings (SSSR count). The van der Waals surface area contributed by atoms with Crippen LogP contribution in [0, 0.1) is 0 Å². The molecule has 0 radical (unpaired) electrons. The van der Waals surface area contributed by atoms with Gasteiger partial charge in [0, 0.05) is 11.6 Å². The lowest BCUT2D eigenvalue weighted by atomic mass is 9.89. The first kappa shape index (κ1) is 12.5. The summed E-state index contributed by atoms with van der Waals surface area (Å²) < 4.78 is 0. The first-order valence-electron chi connectivity index (χ1n) is 5.65. The van der Waals surface area contributed by atoms with E-state index in [1.165, 1.54) is 0 Å². The molecule has 3 N–H and O–H groups in total. The van der Waals surface area contributed by atoms with Crippen LogP contribution < -0.4 is 10.6 Å². The minimum Gasteiger partial charge on any atom is -0.393 e. The molecule has 0 bridgehead atoms. The van der Waals surface area contributed by atoms with Crippen molar-refractivity contribution in [2.75, 3.05) is 6.54 Å². The van der Waals surface area contributed by atoms with E-state index in [-0.39, 0.29) is 17.6 Å². The fourth-order valence-corrected chi connectivity index (χ4v) is 1.50. The number of amides is 1. The minimum atomic E-state index is -0.169. The number of rotatable bonds is 5. The van der Waals surface area contributed by atoms with Gasteiger partial charge in [-0.05, 0) is 33.1 Å². The van der Waals surface area contributed by atoms with Crippen LogP contribution in [0.25, 0.3) is 0 Å². The Morgan fingerprint density at radius 1 is 1.47 bits per heavy atom. The third-order valence-electron chi connectivity index (χ3n) is 3.03. The van der Waals surface area contributed by atoms with Crippen molar-refractivity contribution in [2.24, 2.45) is 0 Å². The van der Waals surface area contributed by atoms with Gasteiger partial charge in [0.2, 0.25) is 5.91 Å². The van der Waals surface area contributed by atoms with E-state index < -0.39 is 0 Å². The predicted molar refractivity (Wildman–Crippen MR) is 59.5 cm³/mol. The minimum absolute atomic E-state index is 0.0308. The van der Waals surface area contributed by atoms with Crippen LogP contribution in [0.2, 0.25) is 0 Å². The lowest BCUT2D eigenvalue weighted by molar-refractivity contribution is -0.122. The van der Waals surface area contributed by atoms with E-state index in [1.807, 2.05) is 13.8 Å². The third-order valence-corrected chi connectivity index (χ3v) is 3.03. The van der Waals surface area contributed by atoms with Crippen molar-refractivity contribution >= 4 is 5.91 Å². The SMILES string of the molecule is CCC(C)(C)NC(=O)CNC1CC(O)C1. The molecule has 1 fully saturated rings. The predicted octanol–water partition coefficient (Wildman–Crippen LogP) is 0.404. The van der Waals surface area contributed by atoms with Crippen LogP contribution in [-0.2, 0) is 4.79 Å². The molecule has 0 aromatic heterocycles. The zero-order valence-corrected chi connectivity index (χ0v) is 9.84. The van der Waals surface area contributed by atoms with Gasteiger partial charge in [0.05, 0.1) is 12.6 Å². The van der Waals surface area contributed by atoms with Crippen molar-refractivity contribution in [3.8, 4) is 0 Å². The van der Waals surface area contributed by atoms with E-state index in [4.69, 9.17) is 5.11 Å². The largest absolute Gasteiger partial charge is 0.393 e. The van der Waals surface area contributed by atoms with Gasteiger partial charge in [-0.2, -0.15) is 0 Å². The number of aliphatic hydroxyl groups excluding tert-OH is 1. The summed E-state index contributed by atoms with van der Waals surface area (Å²) in [7, 11) is 0. The Hall–Kier alpha value is -0.610. The Bertz CT molecular complexity index is 223. The standard InChI is InChI=1S/C11H22N2O2/c1-4-11(2,3)13-10(15)7-12-8-5-9(14)6-8/h8-9,12,14H,4-7H2,1-3H3,(H,13,15). The van der Waals surface area contributed by atoms with Gasteiger partial charge in [-0.25, -0.2) is 0 Å². The summed E-state index contributed by atoms with van der Waals surface area (Å²) in [4.78, 5) is 11.5. The Morgan fingerprint density at radius 2 is 2.07 bits per heavy atom. The maximum atomic E-state index is 11.5. The Kier molecular flexibility index (Phi) is 4.11. The second-order valence-corrected chi connectivity index (χ2v) is 4.99. The molecule has 0 saturated heterocycles. The summed E-state index contributed by atoms with van der Waals surface area (Å²) in [5.74, 6) is 0.0308. The first-order chi connectivity index (χ1) is 6.93. The van der Waals surface area contributed by atoms with Gasteiger partial charge < -0.3 is 15.7 Å². The molecule has 0 unspecified atom stereocenters. The van der Waals surface area contributed by atoms with E-state index in [2.05, 4.69) is 17.6 Å². The first-order valence-corrected chi connectivity index (χ1v) is 5.65. The van der Waals surface area contributed by atoms with Gasteiger partial charge in [0.15, 0.2) is 0 Å². The Morgan fingerprint density at radius 3 is 2.53 bits per heavy atom. The molecule has 1 saturated carbocycles. The molecule has 4 heteroatoms. The normalized spacial score (nSPS) is 25.9. The van der Waals surface area contributed by atoms with Gasteiger partial charge in [-0.3, -0.25) is 4.79 Å². The molecule has 0 aromatic rings. The average Bonchev–Trinajstić information content (AvgIpc) is 2.10. The highest BCUT2D eigenvalue weighted by Gasteiger charge is 2.27. The van der Waals surface area contributed by atoms with Crippen molar-refractivity contribution in [3.05, 3.63) is 0 Å². The van der Waals surface area contributed by atoms with Gasteiger partial charge in [0.1, 0.15) is 0 Å². The molecule has 1 aliphatic carbocycles. The number of carbonyl (C=O) groups is 1. The van der Waals surface area contributed by atoms with Crippen LogP contribution >= 0.6 is 0 Å². The molecular weight excluding hydrogens is 192 g/mol. The molecule has 0 atom stereocenters. The summed E-state index contributed by atoms with van der Waals surface area (Å²) >= 11 is 0. The molecule has 0 heterocycles. The zero-order chi connectivity index (χ0) is 11.5. The maximum absolute atomic E-state index is 11.5. The molecule has 4 nitrogen and oxygen atoms in total. The van der Waals surface area contributed by atoms with E-state index in [1.54, 1.807) is 0 Å². The van der Waals surface area contributed by atoms with Crippen LogP contribution in [-0.4, -0.2) is 35.2 Å². The molecule has 1 amide bonds. The highest BCUT2D eigenvalue weighted by atomic mass is 16.3. The average molecular weight is 214 g/mol. The number of hydrogen-bond donors (Lipinski definition) is 3. The number of hydrogen-bond acceptors (Lipinski definition) is 3. The molecule has 0 aromatic carbocycles. The molecule has 0 spiro atoms. The van der Waals surface area contributed by atoms with E-state index in [0.29, 0.717) is 12.6 Å². The maximum Gasteiger partial charge on any atom is 0.234 e.